The third-order valence-electron chi connectivity index (χ3n) is 2.31. The lowest BCUT2D eigenvalue weighted by Gasteiger charge is -2.07. The smallest absolute Gasteiger partial charge is 0.358 e. The molecule has 10 nitrogen and oxygen atoms in total. The van der Waals surface area contributed by atoms with E-state index in [-0.39, 0.29) is 31.0 Å². The molecule has 0 unspecified atom stereocenters. The minimum Gasteiger partial charge on any atom is -0.358 e. The van der Waals surface area contributed by atoms with Gasteiger partial charge in [0, 0.05) is 0 Å². The highest BCUT2D eigenvalue weighted by molar-refractivity contribution is 7.46. The van der Waals surface area contributed by atoms with Gasteiger partial charge in [0.25, 0.3) is 5.56 Å². The van der Waals surface area contributed by atoms with Crippen LogP contribution >= 0.6 is 7.82 Å². The second-order valence-corrected chi connectivity index (χ2v) is 5.14. The van der Waals surface area contributed by atoms with Gasteiger partial charge in [-0.2, -0.15) is 0 Å². The number of aromatic amines is 1. The third-order valence-corrected chi connectivity index (χ3v) is 2.83. The molecule has 0 aliphatic rings. The highest BCUT2D eigenvalue weighted by Crippen LogP contribution is 2.35. The van der Waals surface area contributed by atoms with Crippen molar-refractivity contribution in [2.75, 3.05) is 13.2 Å². The molecule has 0 aliphatic heterocycles. The van der Waals surface area contributed by atoms with Crippen LogP contribution in [0.3, 0.4) is 0 Å². The first-order valence-electron chi connectivity index (χ1n) is 5.56. The summed E-state index contributed by atoms with van der Waals surface area (Å²) in [6.45, 7) is 1.42. The standard InChI is InChI=1S/C9H13N4O6P/c1-6-11-8-7(9(14)12-6)10-4-13(8)5-18-2-3-19-20(15,16)17/h4H,2-3,5H2,1H3,(H,11,12,14)(H2,15,16,17). The van der Waals surface area contributed by atoms with Crippen LogP contribution < -0.4 is 5.56 Å². The summed E-state index contributed by atoms with van der Waals surface area (Å²) in [5.41, 5.74) is 0.240. The van der Waals surface area contributed by atoms with Crippen molar-refractivity contribution in [1.29, 1.82) is 0 Å². The molecule has 0 aromatic carbocycles. The zero-order valence-corrected chi connectivity index (χ0v) is 11.4. The fraction of sp³-hybridized carbons (Fsp3) is 0.444. The van der Waals surface area contributed by atoms with Crippen LogP contribution in [0.4, 0.5) is 0 Å². The van der Waals surface area contributed by atoms with Crippen LogP contribution in [0.5, 0.6) is 0 Å². The van der Waals surface area contributed by atoms with Crippen molar-refractivity contribution >= 4 is 19.0 Å². The second kappa shape index (κ2) is 5.81. The van der Waals surface area contributed by atoms with Crippen molar-refractivity contribution in [3.63, 3.8) is 0 Å². The van der Waals surface area contributed by atoms with Crippen LogP contribution in [0.25, 0.3) is 11.2 Å². The quantitative estimate of drug-likeness (QED) is 0.480. The van der Waals surface area contributed by atoms with Gasteiger partial charge in [-0.15, -0.1) is 0 Å². The molecule has 0 saturated heterocycles. The van der Waals surface area contributed by atoms with Gasteiger partial charge in [0.2, 0.25) is 0 Å². The molecular weight excluding hydrogens is 291 g/mol. The maximum Gasteiger partial charge on any atom is 0.469 e. The predicted octanol–water partition coefficient (Wildman–Crippen LogP) is -0.489. The van der Waals surface area contributed by atoms with Crippen molar-refractivity contribution in [1.82, 2.24) is 19.5 Å². The van der Waals surface area contributed by atoms with Crippen molar-refractivity contribution in [2.24, 2.45) is 0 Å². The first-order valence-corrected chi connectivity index (χ1v) is 7.09. The summed E-state index contributed by atoms with van der Waals surface area (Å²) in [7, 11) is -4.48. The van der Waals surface area contributed by atoms with Crippen LogP contribution in [0.1, 0.15) is 5.82 Å². The Balaban J connectivity index is 1.97. The number of hydrogen-bond donors (Lipinski definition) is 3. The Morgan fingerprint density at radius 3 is 2.90 bits per heavy atom. The molecule has 20 heavy (non-hydrogen) atoms. The number of imidazole rings is 1. The molecule has 2 heterocycles. The van der Waals surface area contributed by atoms with Crippen LogP contribution in [0.2, 0.25) is 0 Å². The normalized spacial score (nSPS) is 12.2. The van der Waals surface area contributed by atoms with Gasteiger partial charge in [-0.3, -0.25) is 13.9 Å². The van der Waals surface area contributed by atoms with Gasteiger partial charge in [-0.05, 0) is 6.92 Å². The molecule has 0 radical (unpaired) electrons. The second-order valence-electron chi connectivity index (χ2n) is 3.90. The number of phosphoric ester groups is 1. The van der Waals surface area contributed by atoms with Crippen molar-refractivity contribution < 1.29 is 23.6 Å². The van der Waals surface area contributed by atoms with Crippen LogP contribution in [0.15, 0.2) is 11.1 Å². The summed E-state index contributed by atoms with van der Waals surface area (Å²) >= 11 is 0. The Labute approximate surface area is 112 Å². The molecule has 0 saturated carbocycles. The summed E-state index contributed by atoms with van der Waals surface area (Å²) in [4.78, 5) is 39.1. The molecule has 0 spiro atoms. The van der Waals surface area contributed by atoms with Gasteiger partial charge in [-0.25, -0.2) is 14.5 Å². The largest absolute Gasteiger partial charge is 0.469 e. The number of H-pyrrole nitrogens is 1. The number of fused-ring (bicyclic) bond motifs is 1. The van der Waals surface area contributed by atoms with E-state index in [9.17, 15) is 9.36 Å². The third kappa shape index (κ3) is 3.71. The van der Waals surface area contributed by atoms with Gasteiger partial charge in [-0.1, -0.05) is 0 Å². The van der Waals surface area contributed by atoms with E-state index in [0.717, 1.165) is 0 Å². The lowest BCUT2D eigenvalue weighted by atomic mass is 10.5. The highest BCUT2D eigenvalue weighted by Gasteiger charge is 2.13. The minimum atomic E-state index is -4.48. The summed E-state index contributed by atoms with van der Waals surface area (Å²) < 4.78 is 21.3. The number of nitrogens with one attached hydrogen (secondary N) is 1. The molecule has 0 aliphatic carbocycles. The average Bonchev–Trinajstić information content (AvgIpc) is 2.70. The van der Waals surface area contributed by atoms with Gasteiger partial charge in [0.15, 0.2) is 11.2 Å². The minimum absolute atomic E-state index is 0.0209. The van der Waals surface area contributed by atoms with Crippen molar-refractivity contribution in [3.05, 3.63) is 22.5 Å². The van der Waals surface area contributed by atoms with Crippen LogP contribution in [0, 0.1) is 6.92 Å². The molecule has 2 aromatic heterocycles. The molecule has 3 N–H and O–H groups in total. The van der Waals surface area contributed by atoms with E-state index >= 15 is 0 Å². The van der Waals surface area contributed by atoms with E-state index in [1.54, 1.807) is 6.92 Å². The Kier molecular flexibility index (Phi) is 4.31. The highest BCUT2D eigenvalue weighted by atomic mass is 31.2. The predicted molar refractivity (Wildman–Crippen MR) is 66.8 cm³/mol. The maximum absolute atomic E-state index is 11.6. The fourth-order valence-corrected chi connectivity index (χ4v) is 1.85. The molecule has 0 bridgehead atoms. The van der Waals surface area contributed by atoms with Gasteiger partial charge in [0.1, 0.15) is 12.6 Å². The monoisotopic (exact) mass is 304 g/mol. The van der Waals surface area contributed by atoms with Crippen LogP contribution in [-0.2, 0) is 20.6 Å². The molecule has 0 atom stereocenters. The molecule has 0 fully saturated rings. The van der Waals surface area contributed by atoms with Gasteiger partial charge >= 0.3 is 7.82 Å². The first kappa shape index (κ1) is 14.8. The summed E-state index contributed by atoms with van der Waals surface area (Å²) in [5.74, 6) is 0.453. The summed E-state index contributed by atoms with van der Waals surface area (Å²) in [6, 6.07) is 0. The fourth-order valence-electron chi connectivity index (χ4n) is 1.54. The number of hydrogen-bond acceptors (Lipinski definition) is 6. The number of ether oxygens (including phenoxy) is 1. The maximum atomic E-state index is 11.6. The number of aryl methyl sites for hydroxylation is 1. The molecule has 2 aromatic rings. The zero-order chi connectivity index (χ0) is 14.8. The molecule has 110 valence electrons. The molecule has 2 rings (SSSR count). The van der Waals surface area contributed by atoms with Crippen LogP contribution in [-0.4, -0.2) is 42.5 Å². The van der Waals surface area contributed by atoms with E-state index in [0.29, 0.717) is 11.5 Å². The van der Waals surface area contributed by atoms with Gasteiger partial charge < -0.3 is 19.5 Å². The van der Waals surface area contributed by atoms with E-state index in [4.69, 9.17) is 14.5 Å². The van der Waals surface area contributed by atoms with Gasteiger partial charge in [0.05, 0.1) is 19.5 Å². The van der Waals surface area contributed by atoms with E-state index in [1.165, 1.54) is 10.9 Å². The number of phosphoric acid groups is 1. The lowest BCUT2D eigenvalue weighted by Crippen LogP contribution is -2.12. The molecular formula is C9H13N4O6P. The number of rotatable bonds is 6. The SMILES string of the molecule is Cc1nc2c(ncn2COCCOP(=O)(O)O)c(=O)[nH]1. The van der Waals surface area contributed by atoms with E-state index < -0.39 is 7.82 Å². The number of nitrogens with zero attached hydrogens (tertiary/aromatic N) is 3. The Morgan fingerprint density at radius 1 is 1.45 bits per heavy atom. The van der Waals surface area contributed by atoms with E-state index in [1.807, 2.05) is 0 Å². The first-order chi connectivity index (χ1) is 9.37. The average molecular weight is 304 g/mol. The topological polar surface area (TPSA) is 140 Å². The molecule has 0 amide bonds. The zero-order valence-electron chi connectivity index (χ0n) is 10.5. The Hall–Kier alpha value is -1.58. The van der Waals surface area contributed by atoms with Crippen molar-refractivity contribution in [3.8, 4) is 0 Å². The Bertz CT molecular complexity index is 704. The summed E-state index contributed by atoms with van der Waals surface area (Å²) in [5, 5.41) is 0. The summed E-state index contributed by atoms with van der Waals surface area (Å²) in [6.07, 6.45) is 1.40. The lowest BCUT2D eigenvalue weighted by molar-refractivity contribution is 0.0474. The van der Waals surface area contributed by atoms with Crippen molar-refractivity contribution in [2.45, 2.75) is 13.7 Å². The number of aromatic nitrogens is 4. The Morgan fingerprint density at radius 2 is 2.20 bits per heavy atom. The molecule has 11 heteroatoms. The van der Waals surface area contributed by atoms with E-state index in [2.05, 4.69) is 19.5 Å².